The van der Waals surface area contributed by atoms with Crippen LogP contribution in [0.4, 0.5) is 0 Å². The second-order valence-corrected chi connectivity index (χ2v) is 6.93. The lowest BCUT2D eigenvalue weighted by Gasteiger charge is -2.36. The molecule has 0 aromatic rings. The predicted octanol–water partition coefficient (Wildman–Crippen LogP) is 2.05. The molecule has 0 bridgehead atoms. The van der Waals surface area contributed by atoms with E-state index >= 15 is 0 Å². The van der Waals surface area contributed by atoms with Gasteiger partial charge in [-0.05, 0) is 43.4 Å². The van der Waals surface area contributed by atoms with Crippen molar-refractivity contribution in [2.24, 2.45) is 23.0 Å². The van der Waals surface area contributed by atoms with Crippen molar-refractivity contribution in [1.82, 2.24) is 5.32 Å². The number of nitrogens with one attached hydrogen (secondary N) is 1. The molecule has 2 atom stereocenters. The van der Waals surface area contributed by atoms with Crippen molar-refractivity contribution in [3.63, 3.8) is 0 Å². The minimum atomic E-state index is 0.213. The molecule has 17 heavy (non-hydrogen) atoms. The SMILES string of the molecule is CC(C)(C)C1CCC(C(=O)NC2CC2N)CC1. The lowest BCUT2D eigenvalue weighted by molar-refractivity contribution is -0.126. The van der Waals surface area contributed by atoms with Crippen LogP contribution in [0.5, 0.6) is 0 Å². The van der Waals surface area contributed by atoms with Gasteiger partial charge in [0, 0.05) is 18.0 Å². The van der Waals surface area contributed by atoms with E-state index in [9.17, 15) is 4.79 Å². The van der Waals surface area contributed by atoms with Crippen LogP contribution in [0.1, 0.15) is 52.9 Å². The van der Waals surface area contributed by atoms with Crippen molar-refractivity contribution in [2.75, 3.05) is 0 Å². The van der Waals surface area contributed by atoms with Gasteiger partial charge in [0.2, 0.25) is 5.91 Å². The molecule has 0 heterocycles. The maximum Gasteiger partial charge on any atom is 0.223 e. The predicted molar refractivity (Wildman–Crippen MR) is 69.4 cm³/mol. The third-order valence-corrected chi connectivity index (χ3v) is 4.49. The molecule has 2 aliphatic rings. The van der Waals surface area contributed by atoms with E-state index in [2.05, 4.69) is 26.1 Å². The van der Waals surface area contributed by atoms with E-state index in [1.807, 2.05) is 0 Å². The number of hydrogen-bond acceptors (Lipinski definition) is 2. The molecular weight excluding hydrogens is 212 g/mol. The zero-order valence-electron chi connectivity index (χ0n) is 11.3. The van der Waals surface area contributed by atoms with Crippen molar-refractivity contribution in [2.45, 2.75) is 65.0 Å². The molecule has 3 N–H and O–H groups in total. The average molecular weight is 238 g/mol. The minimum Gasteiger partial charge on any atom is -0.352 e. The number of amides is 1. The molecular formula is C14H26N2O. The normalized spacial score (nSPS) is 37.6. The largest absolute Gasteiger partial charge is 0.352 e. The van der Waals surface area contributed by atoms with Gasteiger partial charge in [-0.15, -0.1) is 0 Å². The number of hydrogen-bond donors (Lipinski definition) is 2. The van der Waals surface area contributed by atoms with E-state index < -0.39 is 0 Å². The van der Waals surface area contributed by atoms with Gasteiger partial charge in [-0.25, -0.2) is 0 Å². The number of nitrogens with two attached hydrogens (primary N) is 1. The van der Waals surface area contributed by atoms with Gasteiger partial charge in [0.25, 0.3) is 0 Å². The molecule has 0 radical (unpaired) electrons. The Balaban J connectivity index is 1.76. The first-order chi connectivity index (χ1) is 7.88. The standard InChI is InChI=1S/C14H26N2O/c1-14(2,3)10-6-4-9(5-7-10)13(17)16-12-8-11(12)15/h9-12H,4-8,15H2,1-3H3,(H,16,17). The maximum absolute atomic E-state index is 12.0. The van der Waals surface area contributed by atoms with E-state index in [1.165, 1.54) is 12.8 Å². The molecule has 0 aromatic carbocycles. The monoisotopic (exact) mass is 238 g/mol. The van der Waals surface area contributed by atoms with Crippen LogP contribution in [0.15, 0.2) is 0 Å². The van der Waals surface area contributed by atoms with Crippen LogP contribution in [-0.2, 0) is 4.79 Å². The highest BCUT2D eigenvalue weighted by Crippen LogP contribution is 2.39. The highest BCUT2D eigenvalue weighted by molar-refractivity contribution is 5.79. The highest BCUT2D eigenvalue weighted by atomic mass is 16.2. The summed E-state index contributed by atoms with van der Waals surface area (Å²) in [5.74, 6) is 1.26. The molecule has 2 rings (SSSR count). The summed E-state index contributed by atoms with van der Waals surface area (Å²) in [5, 5.41) is 3.06. The summed E-state index contributed by atoms with van der Waals surface area (Å²) in [6.45, 7) is 6.92. The molecule has 2 saturated carbocycles. The molecule has 0 saturated heterocycles. The van der Waals surface area contributed by atoms with Crippen molar-refractivity contribution < 1.29 is 4.79 Å². The lowest BCUT2D eigenvalue weighted by atomic mass is 9.69. The fourth-order valence-electron chi connectivity index (χ4n) is 2.90. The molecule has 2 aliphatic carbocycles. The van der Waals surface area contributed by atoms with Gasteiger partial charge in [0.15, 0.2) is 0 Å². The van der Waals surface area contributed by atoms with Crippen molar-refractivity contribution in [3.05, 3.63) is 0 Å². The van der Waals surface area contributed by atoms with Gasteiger partial charge in [-0.3, -0.25) is 4.79 Å². The lowest BCUT2D eigenvalue weighted by Crippen LogP contribution is -2.37. The summed E-state index contributed by atoms with van der Waals surface area (Å²) in [5.41, 5.74) is 6.10. The maximum atomic E-state index is 12.0. The molecule has 3 nitrogen and oxygen atoms in total. The molecule has 1 amide bonds. The molecule has 2 unspecified atom stereocenters. The first-order valence-corrected chi connectivity index (χ1v) is 6.94. The molecule has 3 heteroatoms. The first kappa shape index (κ1) is 12.9. The zero-order chi connectivity index (χ0) is 12.6. The first-order valence-electron chi connectivity index (χ1n) is 6.94. The fourth-order valence-corrected chi connectivity index (χ4v) is 2.90. The fraction of sp³-hybridized carbons (Fsp3) is 0.929. The Morgan fingerprint density at radius 2 is 1.71 bits per heavy atom. The summed E-state index contributed by atoms with van der Waals surface area (Å²) in [7, 11) is 0. The van der Waals surface area contributed by atoms with E-state index in [0.29, 0.717) is 5.41 Å². The van der Waals surface area contributed by atoms with Gasteiger partial charge in [0.1, 0.15) is 0 Å². The van der Waals surface area contributed by atoms with Gasteiger partial charge >= 0.3 is 0 Å². The summed E-state index contributed by atoms with van der Waals surface area (Å²) in [4.78, 5) is 12.0. The topological polar surface area (TPSA) is 55.1 Å². The Bertz CT molecular complexity index is 287. The average Bonchev–Trinajstić information content (AvgIpc) is 2.93. The molecule has 0 spiro atoms. The third kappa shape index (κ3) is 3.21. The van der Waals surface area contributed by atoms with Crippen LogP contribution >= 0.6 is 0 Å². The van der Waals surface area contributed by atoms with E-state index in [0.717, 1.165) is 25.2 Å². The Kier molecular flexibility index (Phi) is 3.48. The Morgan fingerprint density at radius 1 is 1.18 bits per heavy atom. The minimum absolute atomic E-state index is 0.213. The summed E-state index contributed by atoms with van der Waals surface area (Å²) >= 11 is 0. The second kappa shape index (κ2) is 4.60. The van der Waals surface area contributed by atoms with E-state index in [-0.39, 0.29) is 23.9 Å². The van der Waals surface area contributed by atoms with Crippen molar-refractivity contribution in [3.8, 4) is 0 Å². The van der Waals surface area contributed by atoms with Crippen LogP contribution < -0.4 is 11.1 Å². The molecule has 0 aliphatic heterocycles. The van der Waals surface area contributed by atoms with E-state index in [4.69, 9.17) is 5.73 Å². The van der Waals surface area contributed by atoms with Crippen molar-refractivity contribution in [1.29, 1.82) is 0 Å². The number of carbonyl (C=O) groups is 1. The number of rotatable bonds is 2. The summed E-state index contributed by atoms with van der Waals surface area (Å²) < 4.78 is 0. The molecule has 0 aromatic heterocycles. The van der Waals surface area contributed by atoms with Crippen LogP contribution in [0.3, 0.4) is 0 Å². The molecule has 2 fully saturated rings. The van der Waals surface area contributed by atoms with E-state index in [1.54, 1.807) is 0 Å². The van der Waals surface area contributed by atoms with Crippen LogP contribution in [-0.4, -0.2) is 18.0 Å². The Labute approximate surface area is 105 Å². The summed E-state index contributed by atoms with van der Waals surface area (Å²) in [6, 6.07) is 0.479. The van der Waals surface area contributed by atoms with Gasteiger partial charge < -0.3 is 11.1 Å². The van der Waals surface area contributed by atoms with Crippen molar-refractivity contribution >= 4 is 5.91 Å². The molecule has 98 valence electrons. The second-order valence-electron chi connectivity index (χ2n) is 6.93. The van der Waals surface area contributed by atoms with Crippen LogP contribution in [0.2, 0.25) is 0 Å². The zero-order valence-corrected chi connectivity index (χ0v) is 11.3. The summed E-state index contributed by atoms with van der Waals surface area (Å²) in [6.07, 6.45) is 5.45. The third-order valence-electron chi connectivity index (χ3n) is 4.49. The van der Waals surface area contributed by atoms with Crippen LogP contribution in [0, 0.1) is 17.3 Å². The highest BCUT2D eigenvalue weighted by Gasteiger charge is 2.38. The van der Waals surface area contributed by atoms with Gasteiger partial charge in [-0.2, -0.15) is 0 Å². The smallest absolute Gasteiger partial charge is 0.223 e. The Hall–Kier alpha value is -0.570. The van der Waals surface area contributed by atoms with Gasteiger partial charge in [-0.1, -0.05) is 20.8 Å². The Morgan fingerprint density at radius 3 is 2.12 bits per heavy atom. The van der Waals surface area contributed by atoms with Crippen LogP contribution in [0.25, 0.3) is 0 Å². The number of carbonyl (C=O) groups excluding carboxylic acids is 1. The van der Waals surface area contributed by atoms with Gasteiger partial charge in [0.05, 0.1) is 0 Å². The quantitative estimate of drug-likeness (QED) is 0.773.